The van der Waals surface area contributed by atoms with Crippen LogP contribution < -0.4 is 0 Å². The average molecular weight is 358 g/mol. The summed E-state index contributed by atoms with van der Waals surface area (Å²) in [4.78, 5) is 10.5. The van der Waals surface area contributed by atoms with Crippen LogP contribution in [0, 0.1) is 5.92 Å². The van der Waals surface area contributed by atoms with Crippen molar-refractivity contribution < 1.29 is 55.9 Å². The zero-order valence-corrected chi connectivity index (χ0v) is 12.8. The Morgan fingerprint density at radius 2 is 1.62 bits per heavy atom. The molecule has 9 atom stereocenters. The molecule has 0 spiro atoms. The molecule has 0 aromatic rings. The van der Waals surface area contributed by atoms with Crippen molar-refractivity contribution in [3.63, 3.8) is 0 Å². The van der Waals surface area contributed by atoms with Crippen LogP contribution >= 0.6 is 0 Å². The quantitative estimate of drug-likeness (QED) is 0.192. The maximum Gasteiger partial charge on any atom is 0.151 e. The minimum Gasteiger partial charge on any atom is -0.412 e. The Morgan fingerprint density at radius 3 is 2.08 bits per heavy atom. The van der Waals surface area contributed by atoms with Crippen LogP contribution in [0.15, 0.2) is 0 Å². The summed E-state index contributed by atoms with van der Waals surface area (Å²) in [6, 6.07) is 0. The molecule has 0 aromatic carbocycles. The normalized spacial score (nSPS) is 35.4. The maximum atomic E-state index is 10.5. The van der Waals surface area contributed by atoms with Gasteiger partial charge in [0.1, 0.15) is 36.6 Å². The molecule has 1 aliphatic carbocycles. The molecule has 0 amide bonds. The molecule has 10 N–H and O–H groups in total. The molecule has 0 radical (unpaired) electrons. The van der Waals surface area contributed by atoms with Crippen LogP contribution in [0.1, 0.15) is 6.42 Å². The molecule has 11 heteroatoms. The van der Waals surface area contributed by atoms with Crippen molar-refractivity contribution in [3.05, 3.63) is 0 Å². The van der Waals surface area contributed by atoms with E-state index in [4.69, 9.17) is 9.84 Å². The van der Waals surface area contributed by atoms with Gasteiger partial charge in [-0.1, -0.05) is 0 Å². The molecule has 1 rings (SSSR count). The van der Waals surface area contributed by atoms with Gasteiger partial charge >= 0.3 is 0 Å². The molecule has 0 aliphatic heterocycles. The van der Waals surface area contributed by atoms with E-state index in [1.54, 1.807) is 0 Å². The summed E-state index contributed by atoms with van der Waals surface area (Å²) in [6.07, 6.45) is -13.0. The molecule has 1 fully saturated rings. The van der Waals surface area contributed by atoms with Gasteiger partial charge in [-0.3, -0.25) is 0 Å². The maximum absolute atomic E-state index is 10.5. The lowest BCUT2D eigenvalue weighted by molar-refractivity contribution is -0.223. The standard InChI is InChI=1S/C13H24O10.H2O/c14-2-5-1-8(11(21)12(22)9(5)19)23-13(7(18)4-16)10(20)6(17)3-15;/h3,5-14,16-22H,1-2,4H2;1H2/t5-,6+,7-,8-,9+,10-,11-,12+,13-;/m1./s1. The summed E-state index contributed by atoms with van der Waals surface area (Å²) < 4.78 is 5.28. The number of carbonyl (C=O) groups is 1. The van der Waals surface area contributed by atoms with Gasteiger partial charge in [0.05, 0.1) is 18.8 Å². The van der Waals surface area contributed by atoms with Gasteiger partial charge in [0.15, 0.2) is 6.29 Å². The highest BCUT2D eigenvalue weighted by molar-refractivity contribution is 5.56. The Balaban J connectivity index is 0.00000529. The summed E-state index contributed by atoms with van der Waals surface area (Å²) >= 11 is 0. The molecule has 1 saturated carbocycles. The number of carbonyl (C=O) groups excluding carboxylic acids is 1. The zero-order valence-electron chi connectivity index (χ0n) is 12.8. The number of aliphatic hydroxyl groups is 8. The molecule has 0 saturated heterocycles. The van der Waals surface area contributed by atoms with E-state index in [1.165, 1.54) is 0 Å². The number of rotatable bonds is 8. The van der Waals surface area contributed by atoms with Gasteiger partial charge in [0.25, 0.3) is 0 Å². The first-order valence-electron chi connectivity index (χ1n) is 7.19. The smallest absolute Gasteiger partial charge is 0.151 e. The van der Waals surface area contributed by atoms with E-state index in [0.29, 0.717) is 0 Å². The first-order valence-corrected chi connectivity index (χ1v) is 7.19. The van der Waals surface area contributed by atoms with Gasteiger partial charge in [0.2, 0.25) is 0 Å². The second-order valence-corrected chi connectivity index (χ2v) is 5.66. The van der Waals surface area contributed by atoms with Gasteiger partial charge in [-0.2, -0.15) is 0 Å². The zero-order chi connectivity index (χ0) is 17.7. The molecule has 144 valence electrons. The van der Waals surface area contributed by atoms with Crippen LogP contribution in [0.2, 0.25) is 0 Å². The Morgan fingerprint density at radius 1 is 1.04 bits per heavy atom. The van der Waals surface area contributed by atoms with Crippen LogP contribution in [0.5, 0.6) is 0 Å². The van der Waals surface area contributed by atoms with Crippen LogP contribution in [0.3, 0.4) is 0 Å². The van der Waals surface area contributed by atoms with E-state index >= 15 is 0 Å². The number of hydrogen-bond acceptors (Lipinski definition) is 10. The van der Waals surface area contributed by atoms with Gasteiger partial charge < -0.3 is 55.9 Å². The van der Waals surface area contributed by atoms with Crippen LogP contribution in [0.25, 0.3) is 0 Å². The summed E-state index contributed by atoms with van der Waals surface area (Å²) in [7, 11) is 0. The average Bonchev–Trinajstić information content (AvgIpc) is 2.57. The van der Waals surface area contributed by atoms with Crippen molar-refractivity contribution >= 4 is 6.29 Å². The lowest BCUT2D eigenvalue weighted by Crippen LogP contribution is -2.58. The van der Waals surface area contributed by atoms with E-state index in [-0.39, 0.29) is 18.2 Å². The van der Waals surface area contributed by atoms with Crippen molar-refractivity contribution in [1.82, 2.24) is 0 Å². The Labute approximate surface area is 137 Å². The number of hydrogen-bond donors (Lipinski definition) is 8. The van der Waals surface area contributed by atoms with E-state index in [9.17, 15) is 40.5 Å². The Kier molecular flexibility index (Phi) is 9.99. The third kappa shape index (κ3) is 5.13. The summed E-state index contributed by atoms with van der Waals surface area (Å²) in [6.45, 7) is -1.36. The van der Waals surface area contributed by atoms with Crippen molar-refractivity contribution in [2.24, 2.45) is 5.92 Å². The molecule has 0 heterocycles. The first kappa shape index (κ1) is 23.3. The summed E-state index contributed by atoms with van der Waals surface area (Å²) in [5, 5.41) is 76.4. The molecule has 1 aliphatic rings. The first-order chi connectivity index (χ1) is 10.8. The van der Waals surface area contributed by atoms with Gasteiger partial charge in [-0.25, -0.2) is 0 Å². The van der Waals surface area contributed by atoms with E-state index in [0.717, 1.165) is 0 Å². The SMILES string of the molecule is O.O=C[C@H](O)[C@@H](O)[C@H](O[C@@H]1C[C@H](CO)[C@H](O)[C@H](O)[C@@H]1O)[C@H](O)CO. The topological polar surface area (TPSA) is 220 Å². The molecular weight excluding hydrogens is 332 g/mol. The third-order valence-electron chi connectivity index (χ3n) is 4.06. The van der Waals surface area contributed by atoms with Crippen molar-refractivity contribution in [2.45, 2.75) is 55.3 Å². The monoisotopic (exact) mass is 358 g/mol. The third-order valence-corrected chi connectivity index (χ3v) is 4.06. The lowest BCUT2D eigenvalue weighted by Gasteiger charge is -2.42. The molecule has 0 unspecified atom stereocenters. The minimum atomic E-state index is -1.90. The minimum absolute atomic E-state index is 0. The summed E-state index contributed by atoms with van der Waals surface area (Å²) in [5.74, 6) is -0.821. The molecular formula is C13H26O11. The Bertz CT molecular complexity index is 366. The molecule has 11 nitrogen and oxygen atoms in total. The number of aliphatic hydroxyl groups excluding tert-OH is 8. The van der Waals surface area contributed by atoms with Gasteiger partial charge in [-0.05, 0) is 6.42 Å². The molecule has 24 heavy (non-hydrogen) atoms. The highest BCUT2D eigenvalue weighted by Crippen LogP contribution is 2.29. The van der Waals surface area contributed by atoms with Crippen LogP contribution in [-0.2, 0) is 9.53 Å². The second-order valence-electron chi connectivity index (χ2n) is 5.66. The van der Waals surface area contributed by atoms with Crippen molar-refractivity contribution in [1.29, 1.82) is 0 Å². The Hall–Kier alpha value is -0.730. The molecule has 0 bridgehead atoms. The van der Waals surface area contributed by atoms with Crippen LogP contribution in [-0.4, -0.2) is 115 Å². The number of aldehydes is 1. The van der Waals surface area contributed by atoms with Gasteiger partial charge in [-0.15, -0.1) is 0 Å². The largest absolute Gasteiger partial charge is 0.412 e. The van der Waals surface area contributed by atoms with Crippen molar-refractivity contribution in [3.8, 4) is 0 Å². The van der Waals surface area contributed by atoms with E-state index in [1.807, 2.05) is 0 Å². The fourth-order valence-electron chi connectivity index (χ4n) is 2.58. The number of ether oxygens (including phenoxy) is 1. The fraction of sp³-hybridized carbons (Fsp3) is 0.923. The van der Waals surface area contributed by atoms with Gasteiger partial charge in [0, 0.05) is 12.5 Å². The highest BCUT2D eigenvalue weighted by Gasteiger charge is 2.45. The fourth-order valence-corrected chi connectivity index (χ4v) is 2.58. The van der Waals surface area contributed by atoms with E-state index < -0.39 is 68.0 Å². The predicted octanol–water partition coefficient (Wildman–Crippen LogP) is -5.72. The summed E-state index contributed by atoms with van der Waals surface area (Å²) in [5.41, 5.74) is 0. The molecule has 0 aromatic heterocycles. The predicted molar refractivity (Wildman–Crippen MR) is 76.7 cm³/mol. The highest BCUT2D eigenvalue weighted by atomic mass is 16.5. The van der Waals surface area contributed by atoms with Crippen LogP contribution in [0.4, 0.5) is 0 Å². The van der Waals surface area contributed by atoms with Crippen molar-refractivity contribution in [2.75, 3.05) is 13.2 Å². The second kappa shape index (κ2) is 10.3. The lowest BCUT2D eigenvalue weighted by atomic mass is 9.81. The van der Waals surface area contributed by atoms with E-state index in [2.05, 4.69) is 0 Å².